The molecular formula is C14H17N3O6S. The number of carbonyl (C=O) groups is 2. The molecule has 1 heterocycles. The molecule has 9 nitrogen and oxygen atoms in total. The maximum atomic E-state index is 12.0. The maximum Gasteiger partial charge on any atom is 0.320 e. The lowest BCUT2D eigenvalue weighted by atomic mass is 10.1. The third-order valence-corrected chi connectivity index (χ3v) is 3.85. The lowest BCUT2D eigenvalue weighted by Gasteiger charge is -2.13. The molecule has 2 aromatic rings. The van der Waals surface area contributed by atoms with Crippen molar-refractivity contribution in [3.05, 3.63) is 36.0 Å². The second kappa shape index (κ2) is 7.43. The van der Waals surface area contributed by atoms with Crippen molar-refractivity contribution in [3.63, 3.8) is 0 Å². The predicted octanol–water partition coefficient (Wildman–Crippen LogP) is -0.488. The van der Waals surface area contributed by atoms with Crippen LogP contribution >= 0.6 is 0 Å². The standard InChI is InChI=1S/C14H17N3O6S/c1-16(23-24(21)22)13(18)8-17-7-9(6-11(15)14(19)20)10-4-2-3-5-12(10)17/h2-5,7,11,24H,6,8,15H2,1H3,(H,19,20)/t11-/m0/s1. The molecule has 0 saturated carbocycles. The highest BCUT2D eigenvalue weighted by molar-refractivity contribution is 7.67. The fourth-order valence-electron chi connectivity index (χ4n) is 2.33. The molecule has 0 fully saturated rings. The summed E-state index contributed by atoms with van der Waals surface area (Å²) < 4.78 is 26.9. The Hall–Kier alpha value is -2.43. The van der Waals surface area contributed by atoms with E-state index >= 15 is 0 Å². The van der Waals surface area contributed by atoms with Crippen LogP contribution in [-0.4, -0.2) is 48.1 Å². The zero-order valence-corrected chi connectivity index (χ0v) is 13.7. The SMILES string of the molecule is CN(O[SH](=O)=O)C(=O)Cn1cc(C[C@H](N)C(=O)O)c2ccccc21. The molecule has 10 heteroatoms. The quantitative estimate of drug-likeness (QED) is 0.451. The number of likely N-dealkylation sites (N-methyl/N-ethyl adjacent to an activating group) is 1. The van der Waals surface area contributed by atoms with Gasteiger partial charge in [-0.3, -0.25) is 9.59 Å². The minimum absolute atomic E-state index is 0.107. The number of fused-ring (bicyclic) bond motifs is 1. The predicted molar refractivity (Wildman–Crippen MR) is 85.4 cm³/mol. The summed E-state index contributed by atoms with van der Waals surface area (Å²) in [5.74, 6) is -1.70. The van der Waals surface area contributed by atoms with Gasteiger partial charge in [0.05, 0.1) is 0 Å². The van der Waals surface area contributed by atoms with Gasteiger partial charge >= 0.3 is 5.97 Å². The van der Waals surface area contributed by atoms with Crippen molar-refractivity contribution in [2.24, 2.45) is 5.73 Å². The molecule has 0 bridgehead atoms. The average Bonchev–Trinajstić information content (AvgIpc) is 2.84. The van der Waals surface area contributed by atoms with Gasteiger partial charge in [0.2, 0.25) is 0 Å². The smallest absolute Gasteiger partial charge is 0.320 e. The molecule has 0 unspecified atom stereocenters. The van der Waals surface area contributed by atoms with Gasteiger partial charge in [0, 0.05) is 30.6 Å². The first-order valence-electron chi connectivity index (χ1n) is 6.93. The summed E-state index contributed by atoms with van der Waals surface area (Å²) in [6, 6.07) is 6.08. The molecule has 0 aliphatic heterocycles. The monoisotopic (exact) mass is 355 g/mol. The van der Waals surface area contributed by atoms with Crippen LogP contribution in [0.4, 0.5) is 0 Å². The number of para-hydroxylation sites is 1. The number of benzene rings is 1. The van der Waals surface area contributed by atoms with Crippen molar-refractivity contribution in [3.8, 4) is 0 Å². The number of nitrogens with two attached hydrogens (primary N) is 1. The molecule has 0 aliphatic rings. The highest BCUT2D eigenvalue weighted by atomic mass is 32.2. The average molecular weight is 355 g/mol. The molecular weight excluding hydrogens is 338 g/mol. The molecule has 1 aromatic carbocycles. The molecule has 1 atom stereocenters. The molecule has 0 radical (unpaired) electrons. The number of carboxylic acid groups (broad SMARTS) is 1. The van der Waals surface area contributed by atoms with E-state index in [2.05, 4.69) is 4.28 Å². The maximum absolute atomic E-state index is 12.0. The van der Waals surface area contributed by atoms with E-state index in [0.29, 0.717) is 16.1 Å². The topological polar surface area (TPSA) is 132 Å². The number of aliphatic carboxylic acids is 1. The summed E-state index contributed by atoms with van der Waals surface area (Å²) in [7, 11) is -1.99. The largest absolute Gasteiger partial charge is 0.480 e. The number of hydrogen-bond donors (Lipinski definition) is 3. The number of carboxylic acids is 1. The molecule has 2 rings (SSSR count). The first kappa shape index (κ1) is 17.9. The van der Waals surface area contributed by atoms with E-state index in [9.17, 15) is 18.0 Å². The van der Waals surface area contributed by atoms with Crippen molar-refractivity contribution in [1.82, 2.24) is 9.63 Å². The lowest BCUT2D eigenvalue weighted by molar-refractivity contribution is -0.151. The van der Waals surface area contributed by atoms with E-state index < -0.39 is 28.9 Å². The van der Waals surface area contributed by atoms with Crippen LogP contribution in [0.2, 0.25) is 0 Å². The van der Waals surface area contributed by atoms with E-state index in [4.69, 9.17) is 10.8 Å². The molecule has 0 saturated heterocycles. The Bertz CT molecular complexity index is 836. The highest BCUT2D eigenvalue weighted by Gasteiger charge is 2.18. The number of hydroxylamine groups is 2. The Balaban J connectivity index is 2.30. The Labute approximate surface area is 139 Å². The first-order valence-corrected chi connectivity index (χ1v) is 8.03. The summed E-state index contributed by atoms with van der Waals surface area (Å²) in [6.45, 7) is -0.164. The molecule has 130 valence electrons. The van der Waals surface area contributed by atoms with Gasteiger partial charge in [-0.2, -0.15) is 0 Å². The van der Waals surface area contributed by atoms with Crippen molar-refractivity contribution < 1.29 is 27.4 Å². The summed E-state index contributed by atoms with van der Waals surface area (Å²) in [5, 5.41) is 10.4. The zero-order valence-electron chi connectivity index (χ0n) is 12.8. The highest BCUT2D eigenvalue weighted by Crippen LogP contribution is 2.22. The third-order valence-electron chi connectivity index (χ3n) is 3.47. The summed E-state index contributed by atoms with van der Waals surface area (Å²) in [5.41, 5.74) is 6.98. The van der Waals surface area contributed by atoms with Gasteiger partial charge in [0.25, 0.3) is 16.9 Å². The van der Waals surface area contributed by atoms with Gasteiger partial charge in [-0.25, -0.2) is 13.5 Å². The van der Waals surface area contributed by atoms with Crippen LogP contribution in [0, 0.1) is 0 Å². The van der Waals surface area contributed by atoms with Gasteiger partial charge in [0.1, 0.15) is 12.6 Å². The van der Waals surface area contributed by atoms with Crippen molar-refractivity contribution in [2.45, 2.75) is 19.0 Å². The minimum Gasteiger partial charge on any atom is -0.480 e. The van der Waals surface area contributed by atoms with Crippen LogP contribution in [0.5, 0.6) is 0 Å². The zero-order chi connectivity index (χ0) is 17.9. The second-order valence-electron chi connectivity index (χ2n) is 5.14. The number of amides is 1. The van der Waals surface area contributed by atoms with Gasteiger partial charge in [-0.15, -0.1) is 4.28 Å². The van der Waals surface area contributed by atoms with E-state index in [0.717, 1.165) is 5.39 Å². The van der Waals surface area contributed by atoms with E-state index in [1.165, 1.54) is 7.05 Å². The fourth-order valence-corrected chi connectivity index (χ4v) is 2.62. The second-order valence-corrected chi connectivity index (χ2v) is 5.76. The molecule has 1 amide bonds. The lowest BCUT2D eigenvalue weighted by Crippen LogP contribution is -2.32. The Morgan fingerprint density at radius 1 is 1.38 bits per heavy atom. The number of carbonyl (C=O) groups excluding carboxylic acids is 1. The van der Waals surface area contributed by atoms with Gasteiger partial charge in [-0.1, -0.05) is 18.2 Å². The number of rotatable bonds is 7. The van der Waals surface area contributed by atoms with Crippen LogP contribution < -0.4 is 5.73 Å². The number of hydrogen-bond acceptors (Lipinski definition) is 6. The summed E-state index contributed by atoms with van der Waals surface area (Å²) >= 11 is 0. The Morgan fingerprint density at radius 2 is 2.04 bits per heavy atom. The van der Waals surface area contributed by atoms with Gasteiger partial charge in [0.15, 0.2) is 0 Å². The number of nitrogens with zero attached hydrogens (tertiary/aromatic N) is 2. The summed E-state index contributed by atoms with van der Waals surface area (Å²) in [6.07, 6.45) is 1.74. The first-order chi connectivity index (χ1) is 11.3. The molecule has 0 spiro atoms. The van der Waals surface area contributed by atoms with E-state index in [1.54, 1.807) is 35.0 Å². The molecule has 3 N–H and O–H groups in total. The van der Waals surface area contributed by atoms with E-state index in [1.807, 2.05) is 0 Å². The normalized spacial score (nSPS) is 12.5. The Morgan fingerprint density at radius 3 is 2.67 bits per heavy atom. The van der Waals surface area contributed by atoms with Crippen LogP contribution in [0.25, 0.3) is 10.9 Å². The minimum atomic E-state index is -3.18. The number of thiol groups is 1. The molecule has 24 heavy (non-hydrogen) atoms. The van der Waals surface area contributed by atoms with Crippen molar-refractivity contribution in [2.75, 3.05) is 7.05 Å². The van der Waals surface area contributed by atoms with Gasteiger partial charge < -0.3 is 15.4 Å². The third kappa shape index (κ3) is 4.10. The van der Waals surface area contributed by atoms with Crippen LogP contribution in [0.1, 0.15) is 5.56 Å². The van der Waals surface area contributed by atoms with Gasteiger partial charge in [-0.05, 0) is 11.6 Å². The van der Waals surface area contributed by atoms with Crippen molar-refractivity contribution in [1.29, 1.82) is 0 Å². The van der Waals surface area contributed by atoms with Crippen molar-refractivity contribution >= 4 is 33.8 Å². The molecule has 1 aromatic heterocycles. The molecule has 0 aliphatic carbocycles. The number of aromatic nitrogens is 1. The Kier molecular flexibility index (Phi) is 5.54. The fraction of sp³-hybridized carbons (Fsp3) is 0.286. The summed E-state index contributed by atoms with van der Waals surface area (Å²) in [4.78, 5) is 23.0. The van der Waals surface area contributed by atoms with Crippen LogP contribution in [0.15, 0.2) is 30.5 Å². The van der Waals surface area contributed by atoms with Crippen LogP contribution in [-0.2, 0) is 37.8 Å². The van der Waals surface area contributed by atoms with E-state index in [-0.39, 0.29) is 13.0 Å². The van der Waals surface area contributed by atoms with Crippen LogP contribution in [0.3, 0.4) is 0 Å².